The number of amides is 1. The minimum Gasteiger partial charge on any atom is -0.352 e. The van der Waals surface area contributed by atoms with Gasteiger partial charge in [-0.3, -0.25) is 14.9 Å². The standard InChI is InChI=1S/C11H10ClF3N2O3/c12-9-3-2-7(17(19)20)6-8(9)10(18)16-5-1-4-11(13,14)15/h2-3,6H,1,4-5H2,(H,16,18). The van der Waals surface area contributed by atoms with Crippen LogP contribution in [0.5, 0.6) is 0 Å². The first-order valence-corrected chi connectivity index (χ1v) is 5.87. The van der Waals surface area contributed by atoms with Gasteiger partial charge in [-0.1, -0.05) is 11.6 Å². The van der Waals surface area contributed by atoms with Crippen molar-refractivity contribution in [3.05, 3.63) is 38.9 Å². The maximum absolute atomic E-state index is 11.9. The first-order chi connectivity index (χ1) is 9.20. The van der Waals surface area contributed by atoms with Crippen LogP contribution in [0.15, 0.2) is 18.2 Å². The fourth-order valence-corrected chi connectivity index (χ4v) is 1.59. The van der Waals surface area contributed by atoms with Crippen LogP contribution < -0.4 is 5.32 Å². The van der Waals surface area contributed by atoms with Crippen LogP contribution in [0.4, 0.5) is 18.9 Å². The highest BCUT2D eigenvalue weighted by Gasteiger charge is 2.26. The number of rotatable bonds is 5. The maximum atomic E-state index is 11.9. The highest BCUT2D eigenvalue weighted by molar-refractivity contribution is 6.33. The van der Waals surface area contributed by atoms with Crippen molar-refractivity contribution in [2.24, 2.45) is 0 Å². The van der Waals surface area contributed by atoms with Crippen molar-refractivity contribution in [3.8, 4) is 0 Å². The zero-order valence-corrected chi connectivity index (χ0v) is 10.8. The molecular weight excluding hydrogens is 301 g/mol. The maximum Gasteiger partial charge on any atom is 0.389 e. The van der Waals surface area contributed by atoms with Gasteiger partial charge in [0.05, 0.1) is 15.5 Å². The summed E-state index contributed by atoms with van der Waals surface area (Å²) in [5.74, 6) is -0.749. The Morgan fingerprint density at radius 3 is 2.60 bits per heavy atom. The second kappa shape index (κ2) is 6.56. The Balaban J connectivity index is 2.63. The lowest BCUT2D eigenvalue weighted by atomic mass is 10.2. The third-order valence-electron chi connectivity index (χ3n) is 2.33. The van der Waals surface area contributed by atoms with Gasteiger partial charge in [-0.05, 0) is 12.5 Å². The monoisotopic (exact) mass is 310 g/mol. The number of benzene rings is 1. The van der Waals surface area contributed by atoms with Crippen LogP contribution in [-0.2, 0) is 0 Å². The summed E-state index contributed by atoms with van der Waals surface area (Å²) in [6.07, 6.45) is -5.58. The fourth-order valence-electron chi connectivity index (χ4n) is 1.39. The molecule has 0 bridgehead atoms. The van der Waals surface area contributed by atoms with E-state index in [1.807, 2.05) is 0 Å². The van der Waals surface area contributed by atoms with E-state index in [1.54, 1.807) is 0 Å². The molecule has 0 aromatic heterocycles. The number of halogens is 4. The number of carbonyl (C=O) groups excluding carboxylic acids is 1. The van der Waals surface area contributed by atoms with E-state index in [0.29, 0.717) is 0 Å². The molecule has 1 aromatic carbocycles. The van der Waals surface area contributed by atoms with Crippen LogP contribution in [0.25, 0.3) is 0 Å². The lowest BCUT2D eigenvalue weighted by molar-refractivity contribution is -0.384. The molecule has 0 fully saturated rings. The average molecular weight is 311 g/mol. The summed E-state index contributed by atoms with van der Waals surface area (Å²) in [5, 5.41) is 12.8. The summed E-state index contributed by atoms with van der Waals surface area (Å²) in [6, 6.07) is 3.29. The van der Waals surface area contributed by atoms with Crippen molar-refractivity contribution >= 4 is 23.2 Å². The SMILES string of the molecule is O=C(NCCCC(F)(F)F)c1cc([N+](=O)[O-])ccc1Cl. The molecule has 0 radical (unpaired) electrons. The van der Waals surface area contributed by atoms with Crippen LogP contribution in [0.3, 0.4) is 0 Å². The molecule has 0 saturated heterocycles. The third kappa shape index (κ3) is 5.04. The van der Waals surface area contributed by atoms with Gasteiger partial charge < -0.3 is 5.32 Å². The van der Waals surface area contributed by atoms with Crippen molar-refractivity contribution in [2.45, 2.75) is 19.0 Å². The van der Waals surface area contributed by atoms with Gasteiger partial charge in [-0.2, -0.15) is 13.2 Å². The predicted octanol–water partition coefficient (Wildman–Crippen LogP) is 3.32. The zero-order valence-electron chi connectivity index (χ0n) is 10.0. The molecule has 0 spiro atoms. The first-order valence-electron chi connectivity index (χ1n) is 5.49. The minimum absolute atomic E-state index is 0.0103. The van der Waals surface area contributed by atoms with Crippen molar-refractivity contribution in [3.63, 3.8) is 0 Å². The highest BCUT2D eigenvalue weighted by Crippen LogP contribution is 2.23. The first kappa shape index (κ1) is 16.2. The average Bonchev–Trinajstić information content (AvgIpc) is 2.33. The van der Waals surface area contributed by atoms with Crippen LogP contribution >= 0.6 is 11.6 Å². The molecule has 110 valence electrons. The van der Waals surface area contributed by atoms with Gasteiger partial charge in [0, 0.05) is 25.1 Å². The second-order valence-corrected chi connectivity index (χ2v) is 4.30. The number of hydrogen-bond acceptors (Lipinski definition) is 3. The van der Waals surface area contributed by atoms with Crippen molar-refractivity contribution in [1.82, 2.24) is 5.32 Å². The van der Waals surface area contributed by atoms with Gasteiger partial charge in [0.1, 0.15) is 0 Å². The van der Waals surface area contributed by atoms with E-state index in [-0.39, 0.29) is 29.2 Å². The molecule has 0 unspecified atom stereocenters. The second-order valence-electron chi connectivity index (χ2n) is 3.90. The molecule has 0 saturated carbocycles. The fraction of sp³-hybridized carbons (Fsp3) is 0.364. The number of nitro groups is 1. The molecule has 20 heavy (non-hydrogen) atoms. The summed E-state index contributed by atoms with van der Waals surface area (Å²) in [5.41, 5.74) is -0.470. The number of alkyl halides is 3. The Labute approximate surface area is 116 Å². The summed E-state index contributed by atoms with van der Waals surface area (Å²) >= 11 is 5.72. The Morgan fingerprint density at radius 2 is 2.05 bits per heavy atom. The molecule has 1 aromatic rings. The van der Waals surface area contributed by atoms with Crippen LogP contribution in [0.1, 0.15) is 23.2 Å². The molecule has 9 heteroatoms. The quantitative estimate of drug-likeness (QED) is 0.515. The van der Waals surface area contributed by atoms with Crippen LogP contribution in [0.2, 0.25) is 5.02 Å². The Hall–Kier alpha value is -1.83. The molecule has 0 aliphatic heterocycles. The van der Waals surface area contributed by atoms with Crippen LogP contribution in [-0.4, -0.2) is 23.6 Å². The molecule has 0 heterocycles. The summed E-state index contributed by atoms with van der Waals surface area (Å²) in [6.45, 7) is -0.197. The number of nitro benzene ring substituents is 1. The Bertz CT molecular complexity index is 520. The van der Waals surface area contributed by atoms with E-state index < -0.39 is 23.4 Å². The molecular formula is C11H10ClF3N2O3. The molecule has 0 aliphatic rings. The van der Waals surface area contributed by atoms with Crippen molar-refractivity contribution in [2.75, 3.05) is 6.54 Å². The molecule has 1 amide bonds. The number of carbonyl (C=O) groups is 1. The van der Waals surface area contributed by atoms with Gasteiger partial charge in [0.2, 0.25) is 0 Å². The van der Waals surface area contributed by atoms with Gasteiger partial charge in [0.15, 0.2) is 0 Å². The molecule has 1 rings (SSSR count). The highest BCUT2D eigenvalue weighted by atomic mass is 35.5. The Morgan fingerprint density at radius 1 is 1.40 bits per heavy atom. The lowest BCUT2D eigenvalue weighted by Crippen LogP contribution is -2.26. The Kier molecular flexibility index (Phi) is 5.32. The number of nitrogens with one attached hydrogen (secondary N) is 1. The molecule has 1 N–H and O–H groups in total. The zero-order chi connectivity index (χ0) is 15.3. The molecule has 0 atom stereocenters. The van der Waals surface area contributed by atoms with Gasteiger partial charge >= 0.3 is 6.18 Å². The topological polar surface area (TPSA) is 72.2 Å². The van der Waals surface area contributed by atoms with E-state index in [4.69, 9.17) is 11.6 Å². The minimum atomic E-state index is -4.28. The largest absolute Gasteiger partial charge is 0.389 e. The molecule has 0 aliphatic carbocycles. The number of non-ortho nitro benzene ring substituents is 1. The van der Waals surface area contributed by atoms with E-state index in [2.05, 4.69) is 5.32 Å². The summed E-state index contributed by atoms with van der Waals surface area (Å²) in [4.78, 5) is 21.5. The predicted molar refractivity (Wildman–Crippen MR) is 65.7 cm³/mol. The summed E-state index contributed by atoms with van der Waals surface area (Å²) in [7, 11) is 0. The number of nitrogens with zero attached hydrogens (tertiary/aromatic N) is 1. The van der Waals surface area contributed by atoms with Crippen LogP contribution in [0, 0.1) is 10.1 Å². The van der Waals surface area contributed by atoms with Gasteiger partial charge in [-0.15, -0.1) is 0 Å². The smallest absolute Gasteiger partial charge is 0.352 e. The third-order valence-corrected chi connectivity index (χ3v) is 2.66. The van der Waals surface area contributed by atoms with E-state index >= 15 is 0 Å². The van der Waals surface area contributed by atoms with E-state index in [9.17, 15) is 28.1 Å². The van der Waals surface area contributed by atoms with E-state index in [0.717, 1.165) is 12.1 Å². The van der Waals surface area contributed by atoms with E-state index in [1.165, 1.54) is 6.07 Å². The van der Waals surface area contributed by atoms with Crippen molar-refractivity contribution in [1.29, 1.82) is 0 Å². The summed E-state index contributed by atoms with van der Waals surface area (Å²) < 4.78 is 35.7. The number of hydrogen-bond donors (Lipinski definition) is 1. The van der Waals surface area contributed by atoms with Gasteiger partial charge in [0.25, 0.3) is 11.6 Å². The molecule has 5 nitrogen and oxygen atoms in total. The van der Waals surface area contributed by atoms with Gasteiger partial charge in [-0.25, -0.2) is 0 Å². The van der Waals surface area contributed by atoms with Crippen molar-refractivity contribution < 1.29 is 22.9 Å². The lowest BCUT2D eigenvalue weighted by Gasteiger charge is -2.08. The normalized spacial score (nSPS) is 11.2.